The molecule has 0 aromatic heterocycles. The number of rotatable bonds is 5. The molecular formula is C23H21NO2. The van der Waals surface area contributed by atoms with Crippen molar-refractivity contribution in [2.45, 2.75) is 0 Å². The van der Waals surface area contributed by atoms with E-state index in [-0.39, 0.29) is 5.97 Å². The third-order valence-electron chi connectivity index (χ3n) is 3.94. The van der Waals surface area contributed by atoms with Crippen LogP contribution in [0, 0.1) is 0 Å². The fourth-order valence-corrected chi connectivity index (χ4v) is 2.71. The molecule has 0 saturated heterocycles. The molecule has 0 amide bonds. The summed E-state index contributed by atoms with van der Waals surface area (Å²) in [5.41, 5.74) is 3.37. The minimum absolute atomic E-state index is 0.376. The van der Waals surface area contributed by atoms with Gasteiger partial charge in [0.15, 0.2) is 0 Å². The van der Waals surface area contributed by atoms with E-state index in [0.29, 0.717) is 11.4 Å². The van der Waals surface area contributed by atoms with E-state index in [1.165, 1.54) is 0 Å². The molecule has 26 heavy (non-hydrogen) atoms. The van der Waals surface area contributed by atoms with E-state index in [1.807, 2.05) is 97.9 Å². The maximum atomic E-state index is 12.6. The monoisotopic (exact) mass is 343 g/mol. The third-order valence-corrected chi connectivity index (χ3v) is 3.94. The lowest BCUT2D eigenvalue weighted by Crippen LogP contribution is -2.20. The van der Waals surface area contributed by atoms with E-state index in [4.69, 9.17) is 4.74 Å². The number of nitrogens with zero attached hydrogens (tertiary/aromatic N) is 1. The van der Waals surface area contributed by atoms with Crippen LogP contribution in [0.3, 0.4) is 0 Å². The number of ether oxygens (including phenoxy) is 1. The van der Waals surface area contributed by atoms with Crippen LogP contribution < -0.4 is 0 Å². The van der Waals surface area contributed by atoms with E-state index in [1.54, 1.807) is 12.1 Å². The van der Waals surface area contributed by atoms with Crippen LogP contribution in [0.2, 0.25) is 0 Å². The molecule has 0 bridgehead atoms. The minimum Gasteiger partial charge on any atom is -0.405 e. The van der Waals surface area contributed by atoms with Gasteiger partial charge < -0.3 is 9.64 Å². The van der Waals surface area contributed by atoms with Gasteiger partial charge in [-0.25, -0.2) is 4.79 Å². The molecule has 3 rings (SSSR count). The zero-order valence-corrected chi connectivity index (χ0v) is 14.9. The van der Waals surface area contributed by atoms with Crippen LogP contribution in [0.25, 0.3) is 5.57 Å². The second kappa shape index (κ2) is 8.17. The summed E-state index contributed by atoms with van der Waals surface area (Å²) in [6.45, 7) is 0. The Morgan fingerprint density at radius 3 is 1.42 bits per heavy atom. The number of hydrogen-bond donors (Lipinski definition) is 0. The maximum Gasteiger partial charge on any atom is 0.344 e. The largest absolute Gasteiger partial charge is 0.405 e. The Morgan fingerprint density at radius 1 is 0.654 bits per heavy atom. The van der Waals surface area contributed by atoms with E-state index in [9.17, 15) is 4.79 Å². The van der Waals surface area contributed by atoms with Crippen LogP contribution in [0.15, 0.2) is 96.9 Å². The summed E-state index contributed by atoms with van der Waals surface area (Å²) >= 11 is 0. The van der Waals surface area contributed by atoms with Crippen molar-refractivity contribution in [2.75, 3.05) is 14.1 Å². The molecule has 0 aliphatic carbocycles. The first-order valence-corrected chi connectivity index (χ1v) is 8.46. The van der Waals surface area contributed by atoms with Gasteiger partial charge in [-0.2, -0.15) is 0 Å². The summed E-state index contributed by atoms with van der Waals surface area (Å²) in [4.78, 5) is 14.5. The normalized spacial score (nSPS) is 10.1. The molecular weight excluding hydrogens is 322 g/mol. The smallest absolute Gasteiger partial charge is 0.344 e. The number of benzene rings is 3. The maximum absolute atomic E-state index is 12.6. The third kappa shape index (κ3) is 4.01. The molecule has 0 spiro atoms. The summed E-state index contributed by atoms with van der Waals surface area (Å²) in [5.74, 6) is 0.134. The molecule has 0 fully saturated rings. The molecule has 0 heterocycles. The van der Waals surface area contributed by atoms with E-state index >= 15 is 0 Å². The Kier molecular flexibility index (Phi) is 5.49. The summed E-state index contributed by atoms with van der Waals surface area (Å²) in [5, 5.41) is 0. The first-order chi connectivity index (χ1) is 12.7. The highest BCUT2D eigenvalue weighted by molar-refractivity contribution is 5.91. The van der Waals surface area contributed by atoms with Gasteiger partial charge >= 0.3 is 5.97 Å². The van der Waals surface area contributed by atoms with Crippen molar-refractivity contribution in [3.05, 3.63) is 114 Å². The van der Waals surface area contributed by atoms with Gasteiger partial charge in [0, 0.05) is 19.7 Å². The highest BCUT2D eigenvalue weighted by Crippen LogP contribution is 2.29. The van der Waals surface area contributed by atoms with Crippen LogP contribution in [0.1, 0.15) is 21.5 Å². The average Bonchev–Trinajstić information content (AvgIpc) is 2.69. The minimum atomic E-state index is -0.376. The first kappa shape index (κ1) is 17.5. The molecule has 3 nitrogen and oxygen atoms in total. The van der Waals surface area contributed by atoms with Crippen LogP contribution >= 0.6 is 0 Å². The standard InChI is InChI=1S/C23H21NO2/c1-24(2)22(26-23(25)20-16-10-5-11-17-20)21(18-12-6-3-7-13-18)19-14-8-4-9-15-19/h3-17H,1-2H3. The highest BCUT2D eigenvalue weighted by Gasteiger charge is 2.19. The lowest BCUT2D eigenvalue weighted by Gasteiger charge is -2.22. The summed E-state index contributed by atoms with van der Waals surface area (Å²) in [6, 6.07) is 28.9. The zero-order chi connectivity index (χ0) is 18.4. The van der Waals surface area contributed by atoms with Crippen LogP contribution in [-0.2, 0) is 4.74 Å². The Labute approximate surface area is 154 Å². The van der Waals surface area contributed by atoms with Crippen molar-refractivity contribution >= 4 is 11.5 Å². The van der Waals surface area contributed by atoms with Crippen LogP contribution in [-0.4, -0.2) is 25.0 Å². The van der Waals surface area contributed by atoms with Crippen molar-refractivity contribution in [3.63, 3.8) is 0 Å². The molecule has 130 valence electrons. The second-order valence-electron chi connectivity index (χ2n) is 6.06. The molecule has 0 unspecified atom stereocenters. The molecule has 3 aromatic rings. The van der Waals surface area contributed by atoms with E-state index in [2.05, 4.69) is 0 Å². The molecule has 3 heteroatoms. The first-order valence-electron chi connectivity index (χ1n) is 8.46. The molecule has 0 N–H and O–H groups in total. The number of carbonyl (C=O) groups is 1. The molecule has 0 radical (unpaired) electrons. The van der Waals surface area contributed by atoms with Crippen molar-refractivity contribution in [2.24, 2.45) is 0 Å². The summed E-state index contributed by atoms with van der Waals surface area (Å²) in [7, 11) is 3.75. The summed E-state index contributed by atoms with van der Waals surface area (Å²) in [6.07, 6.45) is 0. The van der Waals surface area contributed by atoms with Crippen molar-refractivity contribution in [1.29, 1.82) is 0 Å². The van der Waals surface area contributed by atoms with Crippen LogP contribution in [0.4, 0.5) is 0 Å². The predicted molar refractivity (Wildman–Crippen MR) is 104 cm³/mol. The second-order valence-corrected chi connectivity index (χ2v) is 6.06. The average molecular weight is 343 g/mol. The molecule has 3 aromatic carbocycles. The van der Waals surface area contributed by atoms with Gasteiger partial charge in [0.2, 0.25) is 5.88 Å². The number of hydrogen-bond acceptors (Lipinski definition) is 3. The predicted octanol–water partition coefficient (Wildman–Crippen LogP) is 4.82. The fourth-order valence-electron chi connectivity index (χ4n) is 2.71. The van der Waals surface area contributed by atoms with E-state index < -0.39 is 0 Å². The topological polar surface area (TPSA) is 29.5 Å². The van der Waals surface area contributed by atoms with Gasteiger partial charge in [0.25, 0.3) is 0 Å². The lowest BCUT2D eigenvalue weighted by atomic mass is 9.98. The number of carbonyl (C=O) groups excluding carboxylic acids is 1. The van der Waals surface area contributed by atoms with Gasteiger partial charge in [-0.3, -0.25) is 0 Å². The SMILES string of the molecule is CN(C)C(OC(=O)c1ccccc1)=C(c1ccccc1)c1ccccc1. The van der Waals surface area contributed by atoms with Gasteiger partial charge in [-0.15, -0.1) is 0 Å². The Hall–Kier alpha value is -3.33. The Bertz CT molecular complexity index is 844. The van der Waals surface area contributed by atoms with Gasteiger partial charge in [-0.1, -0.05) is 78.9 Å². The Balaban J connectivity index is 2.11. The fraction of sp³-hybridized carbons (Fsp3) is 0.0870. The molecule has 0 aliphatic heterocycles. The van der Waals surface area contributed by atoms with Gasteiger partial charge in [-0.05, 0) is 23.3 Å². The molecule has 0 aliphatic rings. The van der Waals surface area contributed by atoms with Crippen molar-refractivity contribution < 1.29 is 9.53 Å². The molecule has 0 atom stereocenters. The van der Waals surface area contributed by atoms with Gasteiger partial charge in [0.1, 0.15) is 0 Å². The van der Waals surface area contributed by atoms with Crippen molar-refractivity contribution in [1.82, 2.24) is 4.90 Å². The van der Waals surface area contributed by atoms with Crippen molar-refractivity contribution in [3.8, 4) is 0 Å². The Morgan fingerprint density at radius 2 is 1.04 bits per heavy atom. The molecule has 0 saturated carbocycles. The highest BCUT2D eigenvalue weighted by atomic mass is 16.5. The quantitative estimate of drug-likeness (QED) is 0.491. The lowest BCUT2D eigenvalue weighted by molar-refractivity contribution is 0.0543. The summed E-state index contributed by atoms with van der Waals surface area (Å²) < 4.78 is 5.84. The number of esters is 1. The zero-order valence-electron chi connectivity index (χ0n) is 14.9. The van der Waals surface area contributed by atoms with Crippen LogP contribution in [0.5, 0.6) is 0 Å². The van der Waals surface area contributed by atoms with E-state index in [0.717, 1.165) is 16.7 Å². The van der Waals surface area contributed by atoms with Gasteiger partial charge in [0.05, 0.1) is 5.56 Å².